The Hall–Kier alpha value is -2.60. The van der Waals surface area contributed by atoms with Gasteiger partial charge in [0.05, 0.1) is 7.11 Å². The highest BCUT2D eigenvalue weighted by Gasteiger charge is 2.26. The number of nitrogens with zero attached hydrogens (tertiary/aromatic N) is 1. The first kappa shape index (κ1) is 14.8. The van der Waals surface area contributed by atoms with Crippen molar-refractivity contribution in [2.45, 2.75) is 6.92 Å². The van der Waals surface area contributed by atoms with Crippen molar-refractivity contribution in [3.8, 4) is 6.07 Å². The number of benzene rings is 1. The molecule has 1 aromatic carbocycles. The zero-order valence-corrected chi connectivity index (χ0v) is 12.1. The van der Waals surface area contributed by atoms with Crippen LogP contribution in [0.2, 0.25) is 0 Å². The smallest absolute Gasteiger partial charge is 0.348 e. The summed E-state index contributed by atoms with van der Waals surface area (Å²) >= 11 is 0. The fourth-order valence-corrected chi connectivity index (χ4v) is 2.52. The van der Waals surface area contributed by atoms with Crippen LogP contribution in [0.15, 0.2) is 60.2 Å². The van der Waals surface area contributed by atoms with Gasteiger partial charge in [-0.05, 0) is 17.1 Å². The van der Waals surface area contributed by atoms with Crippen molar-refractivity contribution in [3.63, 3.8) is 0 Å². The van der Waals surface area contributed by atoms with Gasteiger partial charge in [0.15, 0.2) is 0 Å². The van der Waals surface area contributed by atoms with E-state index in [0.717, 1.165) is 11.1 Å². The first-order valence-electron chi connectivity index (χ1n) is 6.82. The maximum atomic E-state index is 12.0. The number of nitriles is 1. The van der Waals surface area contributed by atoms with Crippen LogP contribution in [0.25, 0.3) is 5.57 Å². The molecular formula is C18H17NO2. The van der Waals surface area contributed by atoms with Gasteiger partial charge in [-0.25, -0.2) is 4.79 Å². The van der Waals surface area contributed by atoms with E-state index in [1.807, 2.05) is 54.6 Å². The van der Waals surface area contributed by atoms with Crippen LogP contribution in [0.4, 0.5) is 0 Å². The Morgan fingerprint density at radius 1 is 1.19 bits per heavy atom. The highest BCUT2D eigenvalue weighted by atomic mass is 16.5. The van der Waals surface area contributed by atoms with Crippen LogP contribution in [0.5, 0.6) is 0 Å². The number of ether oxygens (including phenoxy) is 1. The third kappa shape index (κ3) is 3.11. The van der Waals surface area contributed by atoms with Gasteiger partial charge in [-0.3, -0.25) is 0 Å². The van der Waals surface area contributed by atoms with Gasteiger partial charge in [-0.15, -0.1) is 0 Å². The van der Waals surface area contributed by atoms with E-state index >= 15 is 0 Å². The molecule has 0 aromatic heterocycles. The zero-order valence-electron chi connectivity index (χ0n) is 12.1. The van der Waals surface area contributed by atoms with Crippen molar-refractivity contribution in [2.24, 2.45) is 11.8 Å². The van der Waals surface area contributed by atoms with E-state index in [0.29, 0.717) is 0 Å². The molecule has 0 saturated carbocycles. The minimum Gasteiger partial charge on any atom is -0.465 e. The van der Waals surface area contributed by atoms with Crippen molar-refractivity contribution in [1.29, 1.82) is 5.26 Å². The molecule has 3 heteroatoms. The maximum absolute atomic E-state index is 12.0. The molecular weight excluding hydrogens is 262 g/mol. The Kier molecular flexibility index (Phi) is 4.73. The zero-order chi connectivity index (χ0) is 15.2. The largest absolute Gasteiger partial charge is 0.465 e. The van der Waals surface area contributed by atoms with E-state index in [1.54, 1.807) is 0 Å². The van der Waals surface area contributed by atoms with Crippen LogP contribution in [-0.4, -0.2) is 13.1 Å². The van der Waals surface area contributed by atoms with Crippen LogP contribution in [0.3, 0.4) is 0 Å². The number of hydrogen-bond acceptors (Lipinski definition) is 3. The number of carbonyl (C=O) groups excluding carboxylic acids is 1. The molecule has 0 N–H and O–H groups in total. The lowest BCUT2D eigenvalue weighted by atomic mass is 9.79. The van der Waals surface area contributed by atoms with E-state index in [2.05, 4.69) is 13.0 Å². The lowest BCUT2D eigenvalue weighted by Gasteiger charge is -2.24. The summed E-state index contributed by atoms with van der Waals surface area (Å²) in [4.78, 5) is 12.0. The number of rotatable bonds is 3. The Bertz CT molecular complexity index is 648. The quantitative estimate of drug-likeness (QED) is 0.483. The average Bonchev–Trinajstić information content (AvgIpc) is 2.53. The number of hydrogen-bond donors (Lipinski definition) is 0. The summed E-state index contributed by atoms with van der Waals surface area (Å²) in [5, 5.41) is 9.43. The van der Waals surface area contributed by atoms with Gasteiger partial charge in [-0.2, -0.15) is 5.26 Å². The predicted octanol–water partition coefficient (Wildman–Crippen LogP) is 3.52. The first-order valence-corrected chi connectivity index (χ1v) is 6.82. The Morgan fingerprint density at radius 2 is 1.86 bits per heavy atom. The predicted molar refractivity (Wildman–Crippen MR) is 81.9 cm³/mol. The van der Waals surface area contributed by atoms with E-state index in [4.69, 9.17) is 4.74 Å². The van der Waals surface area contributed by atoms with E-state index < -0.39 is 5.97 Å². The van der Waals surface area contributed by atoms with Gasteiger partial charge in [0.2, 0.25) is 0 Å². The van der Waals surface area contributed by atoms with Crippen molar-refractivity contribution in [1.82, 2.24) is 0 Å². The van der Waals surface area contributed by atoms with Crippen LogP contribution in [0, 0.1) is 23.2 Å². The van der Waals surface area contributed by atoms with E-state index in [1.165, 1.54) is 7.11 Å². The molecule has 0 spiro atoms. The summed E-state index contributed by atoms with van der Waals surface area (Å²) in [5.74, 6) is -0.407. The number of carbonyl (C=O) groups is 1. The molecule has 21 heavy (non-hydrogen) atoms. The minimum atomic E-state index is -0.591. The monoisotopic (exact) mass is 279 g/mol. The van der Waals surface area contributed by atoms with Gasteiger partial charge in [0.25, 0.3) is 0 Å². The van der Waals surface area contributed by atoms with Crippen LogP contribution >= 0.6 is 0 Å². The molecule has 106 valence electrons. The highest BCUT2D eigenvalue weighted by molar-refractivity contribution is 6.02. The Labute approximate surface area is 124 Å². The third-order valence-corrected chi connectivity index (χ3v) is 3.60. The number of methoxy groups -OCH3 is 1. The lowest BCUT2D eigenvalue weighted by molar-refractivity contribution is -0.135. The van der Waals surface area contributed by atoms with Gasteiger partial charge in [0.1, 0.15) is 11.6 Å². The molecule has 0 heterocycles. The van der Waals surface area contributed by atoms with Gasteiger partial charge >= 0.3 is 5.97 Å². The molecule has 0 fully saturated rings. The number of allylic oxidation sites excluding steroid dienone is 5. The molecule has 0 radical (unpaired) electrons. The summed E-state index contributed by atoms with van der Waals surface area (Å²) in [7, 11) is 1.29. The average molecular weight is 279 g/mol. The molecule has 0 saturated heterocycles. The molecule has 0 amide bonds. The Balaban J connectivity index is 2.63. The molecule has 0 bridgehead atoms. The second-order valence-electron chi connectivity index (χ2n) is 4.91. The summed E-state index contributed by atoms with van der Waals surface area (Å²) in [5.41, 5.74) is 1.66. The fraction of sp³-hybridized carbons (Fsp3) is 0.222. The lowest BCUT2D eigenvalue weighted by Crippen LogP contribution is -2.16. The maximum Gasteiger partial charge on any atom is 0.348 e. The SMILES string of the molecule is COC(=O)/C(C#N)=C(\c1ccccc1)C1C=CC=CC1C. The Morgan fingerprint density at radius 3 is 2.43 bits per heavy atom. The normalized spacial score (nSPS) is 21.4. The number of esters is 1. The van der Waals surface area contributed by atoms with E-state index in [9.17, 15) is 10.1 Å². The summed E-state index contributed by atoms with van der Waals surface area (Å²) < 4.78 is 4.77. The molecule has 2 unspecified atom stereocenters. The molecule has 0 aliphatic heterocycles. The van der Waals surface area contributed by atoms with Gasteiger partial charge in [-0.1, -0.05) is 61.6 Å². The molecule has 1 aliphatic rings. The third-order valence-electron chi connectivity index (χ3n) is 3.60. The van der Waals surface area contributed by atoms with Gasteiger partial charge in [0, 0.05) is 5.92 Å². The van der Waals surface area contributed by atoms with Crippen molar-refractivity contribution in [2.75, 3.05) is 7.11 Å². The van der Waals surface area contributed by atoms with Gasteiger partial charge < -0.3 is 4.74 Å². The van der Waals surface area contributed by atoms with Crippen LogP contribution in [-0.2, 0) is 9.53 Å². The van der Waals surface area contributed by atoms with Crippen molar-refractivity contribution in [3.05, 3.63) is 65.8 Å². The molecule has 2 rings (SSSR count). The van der Waals surface area contributed by atoms with Crippen LogP contribution < -0.4 is 0 Å². The summed E-state index contributed by atoms with van der Waals surface area (Å²) in [6.45, 7) is 2.07. The fourth-order valence-electron chi connectivity index (χ4n) is 2.52. The summed E-state index contributed by atoms with van der Waals surface area (Å²) in [6, 6.07) is 11.5. The molecule has 1 aliphatic carbocycles. The summed E-state index contributed by atoms with van der Waals surface area (Å²) in [6.07, 6.45) is 8.01. The molecule has 3 nitrogen and oxygen atoms in total. The van der Waals surface area contributed by atoms with E-state index in [-0.39, 0.29) is 17.4 Å². The second-order valence-corrected chi connectivity index (χ2v) is 4.91. The first-order chi connectivity index (χ1) is 10.2. The molecule has 1 aromatic rings. The topological polar surface area (TPSA) is 50.1 Å². The van der Waals surface area contributed by atoms with Crippen molar-refractivity contribution >= 4 is 11.5 Å². The van der Waals surface area contributed by atoms with Crippen molar-refractivity contribution < 1.29 is 9.53 Å². The standard InChI is InChI=1S/C18H17NO2/c1-13-8-6-7-11-15(13)17(14-9-4-3-5-10-14)16(12-19)18(20)21-2/h3-11,13,15H,1-2H3/b17-16+. The van der Waals surface area contributed by atoms with Crippen LogP contribution in [0.1, 0.15) is 12.5 Å². The minimum absolute atomic E-state index is 0.0221. The second kappa shape index (κ2) is 6.71. The molecule has 2 atom stereocenters. The highest BCUT2D eigenvalue weighted by Crippen LogP contribution is 2.35.